The fraction of sp³-hybridized carbons (Fsp3) is 0.562. The Morgan fingerprint density at radius 3 is 2.57 bits per heavy atom. The molecule has 0 aromatic heterocycles. The van der Waals surface area contributed by atoms with Crippen molar-refractivity contribution in [1.29, 1.82) is 0 Å². The van der Waals surface area contributed by atoms with Crippen molar-refractivity contribution in [3.63, 3.8) is 0 Å². The summed E-state index contributed by atoms with van der Waals surface area (Å²) in [6, 6.07) is 1.55. The molecule has 7 nitrogen and oxygen atoms in total. The number of carbonyl (C=O) groups is 1. The lowest BCUT2D eigenvalue weighted by atomic mass is 9.86. The smallest absolute Gasteiger partial charge is 0.315 e. The molecule has 0 saturated carbocycles. The summed E-state index contributed by atoms with van der Waals surface area (Å²) < 4.78 is 16.3. The van der Waals surface area contributed by atoms with Gasteiger partial charge in [0.15, 0.2) is 11.5 Å². The van der Waals surface area contributed by atoms with Crippen LogP contribution in [0.1, 0.15) is 17.5 Å². The van der Waals surface area contributed by atoms with Gasteiger partial charge in [0.2, 0.25) is 0 Å². The van der Waals surface area contributed by atoms with Gasteiger partial charge in [0.1, 0.15) is 5.75 Å². The second-order valence-electron chi connectivity index (χ2n) is 5.34. The first-order chi connectivity index (χ1) is 11.1. The van der Waals surface area contributed by atoms with Gasteiger partial charge in [-0.15, -0.1) is 0 Å². The van der Waals surface area contributed by atoms with Crippen LogP contribution < -0.4 is 24.8 Å². The van der Waals surface area contributed by atoms with Crippen molar-refractivity contribution in [3.05, 3.63) is 17.2 Å². The molecule has 0 aliphatic heterocycles. The lowest BCUT2D eigenvalue weighted by Gasteiger charge is -2.29. The summed E-state index contributed by atoms with van der Waals surface area (Å²) in [7, 11) is 4.84. The summed E-state index contributed by atoms with van der Waals surface area (Å²) in [5.41, 5.74) is 2.10. The van der Waals surface area contributed by atoms with E-state index >= 15 is 0 Å². The van der Waals surface area contributed by atoms with Gasteiger partial charge in [0.25, 0.3) is 0 Å². The highest BCUT2D eigenvalue weighted by atomic mass is 16.5. The van der Waals surface area contributed by atoms with Gasteiger partial charge < -0.3 is 30.0 Å². The zero-order valence-corrected chi connectivity index (χ0v) is 13.8. The van der Waals surface area contributed by atoms with Crippen molar-refractivity contribution < 1.29 is 24.1 Å². The number of fused-ring (bicyclic) bond motifs is 1. The molecule has 1 atom stereocenters. The molecular formula is C16H24N2O5. The van der Waals surface area contributed by atoms with Crippen molar-refractivity contribution in [2.24, 2.45) is 0 Å². The second kappa shape index (κ2) is 7.92. The van der Waals surface area contributed by atoms with Crippen molar-refractivity contribution in [2.45, 2.75) is 25.3 Å². The molecule has 2 amide bonds. The number of hydrogen-bond acceptors (Lipinski definition) is 5. The van der Waals surface area contributed by atoms with E-state index in [9.17, 15) is 4.79 Å². The normalized spacial score (nSPS) is 16.3. The molecule has 0 radical (unpaired) electrons. The molecule has 0 heterocycles. The monoisotopic (exact) mass is 324 g/mol. The molecule has 2 rings (SSSR count). The lowest BCUT2D eigenvalue weighted by Crippen LogP contribution is -2.45. The van der Waals surface area contributed by atoms with E-state index in [0.29, 0.717) is 12.2 Å². The Balaban J connectivity index is 2.21. The fourth-order valence-electron chi connectivity index (χ4n) is 2.95. The first-order valence-electron chi connectivity index (χ1n) is 7.60. The Hall–Kier alpha value is -2.15. The fourth-order valence-corrected chi connectivity index (χ4v) is 2.95. The summed E-state index contributed by atoms with van der Waals surface area (Å²) in [4.78, 5) is 11.8. The lowest BCUT2D eigenvalue weighted by molar-refractivity contribution is 0.229. The van der Waals surface area contributed by atoms with Crippen LogP contribution in [0.5, 0.6) is 17.2 Å². The third kappa shape index (κ3) is 3.79. The third-order valence-corrected chi connectivity index (χ3v) is 3.99. The van der Waals surface area contributed by atoms with Gasteiger partial charge in [-0.3, -0.25) is 0 Å². The quantitative estimate of drug-likeness (QED) is 0.722. The number of nitrogens with one attached hydrogen (secondary N) is 2. The number of hydrogen-bond donors (Lipinski definition) is 3. The number of aliphatic hydroxyl groups excluding tert-OH is 1. The molecule has 0 fully saturated rings. The Bertz CT molecular complexity index is 562. The molecule has 0 saturated heterocycles. The topological polar surface area (TPSA) is 89.0 Å². The van der Waals surface area contributed by atoms with Gasteiger partial charge in [-0.2, -0.15) is 0 Å². The van der Waals surface area contributed by atoms with E-state index < -0.39 is 0 Å². The Labute approximate surface area is 135 Å². The van der Waals surface area contributed by atoms with E-state index in [1.54, 1.807) is 21.3 Å². The maximum Gasteiger partial charge on any atom is 0.315 e. The second-order valence-corrected chi connectivity index (χ2v) is 5.34. The minimum atomic E-state index is -0.271. The number of aliphatic hydroxyl groups is 1. The number of urea groups is 1. The van der Waals surface area contributed by atoms with Crippen LogP contribution in [0.15, 0.2) is 6.07 Å². The molecule has 1 aliphatic carbocycles. The standard InChI is InChI=1S/C16H24N2O5/c1-21-13-9-14(22-2)15(23-3)11-5-4-10(8-12(11)13)18-16(20)17-6-7-19/h9-10,19H,4-8H2,1-3H3,(H2,17,18,20). The molecule has 1 aromatic rings. The van der Waals surface area contributed by atoms with Gasteiger partial charge >= 0.3 is 6.03 Å². The van der Waals surface area contributed by atoms with Gasteiger partial charge in [-0.05, 0) is 19.3 Å². The molecule has 0 spiro atoms. The predicted molar refractivity (Wildman–Crippen MR) is 85.5 cm³/mol. The van der Waals surface area contributed by atoms with Crippen LogP contribution in [-0.4, -0.2) is 51.7 Å². The van der Waals surface area contributed by atoms with Crippen molar-refractivity contribution in [3.8, 4) is 17.2 Å². The molecule has 0 bridgehead atoms. The summed E-state index contributed by atoms with van der Waals surface area (Å²) in [5.74, 6) is 2.11. The van der Waals surface area contributed by atoms with Crippen molar-refractivity contribution >= 4 is 6.03 Å². The number of ether oxygens (including phenoxy) is 3. The summed E-state index contributed by atoms with van der Waals surface area (Å²) in [6.45, 7) is 0.162. The van der Waals surface area contributed by atoms with E-state index in [1.807, 2.05) is 6.07 Å². The number of carbonyl (C=O) groups excluding carboxylic acids is 1. The average molecular weight is 324 g/mol. The predicted octanol–water partition coefficient (Wildman–Crippen LogP) is 0.861. The van der Waals surface area contributed by atoms with Gasteiger partial charge in [-0.25, -0.2) is 4.79 Å². The van der Waals surface area contributed by atoms with Gasteiger partial charge in [0, 0.05) is 29.8 Å². The number of amides is 2. The third-order valence-electron chi connectivity index (χ3n) is 3.99. The van der Waals surface area contributed by atoms with Gasteiger partial charge in [-0.1, -0.05) is 0 Å². The largest absolute Gasteiger partial charge is 0.496 e. The molecule has 23 heavy (non-hydrogen) atoms. The van der Waals surface area contributed by atoms with E-state index in [1.165, 1.54) is 0 Å². The van der Waals surface area contributed by atoms with E-state index in [4.69, 9.17) is 19.3 Å². The van der Waals surface area contributed by atoms with E-state index in [-0.39, 0.29) is 25.2 Å². The number of methoxy groups -OCH3 is 3. The Kier molecular flexibility index (Phi) is 5.92. The summed E-state index contributed by atoms with van der Waals surface area (Å²) in [6.07, 6.45) is 2.22. The first kappa shape index (κ1) is 17.2. The average Bonchev–Trinajstić information content (AvgIpc) is 2.58. The molecule has 1 unspecified atom stereocenters. The van der Waals surface area contributed by atoms with Crippen molar-refractivity contribution in [2.75, 3.05) is 34.5 Å². The van der Waals surface area contributed by atoms with E-state index in [2.05, 4.69) is 10.6 Å². The van der Waals surface area contributed by atoms with Crippen LogP contribution in [0.25, 0.3) is 0 Å². The highest BCUT2D eigenvalue weighted by Gasteiger charge is 2.28. The van der Waals surface area contributed by atoms with Crippen LogP contribution in [0.4, 0.5) is 4.79 Å². The maximum absolute atomic E-state index is 11.8. The zero-order chi connectivity index (χ0) is 16.8. The Morgan fingerprint density at radius 1 is 1.22 bits per heavy atom. The molecule has 1 aliphatic rings. The maximum atomic E-state index is 11.8. The molecule has 7 heteroatoms. The molecule has 1 aromatic carbocycles. The van der Waals surface area contributed by atoms with Crippen LogP contribution >= 0.6 is 0 Å². The number of rotatable bonds is 6. The summed E-state index contributed by atoms with van der Waals surface area (Å²) in [5, 5.41) is 14.3. The highest BCUT2D eigenvalue weighted by molar-refractivity contribution is 5.74. The number of benzene rings is 1. The first-order valence-corrected chi connectivity index (χ1v) is 7.60. The highest BCUT2D eigenvalue weighted by Crippen LogP contribution is 2.42. The molecule has 3 N–H and O–H groups in total. The zero-order valence-electron chi connectivity index (χ0n) is 13.8. The minimum Gasteiger partial charge on any atom is -0.496 e. The molecular weight excluding hydrogens is 300 g/mol. The van der Waals surface area contributed by atoms with Crippen LogP contribution in [0.2, 0.25) is 0 Å². The van der Waals surface area contributed by atoms with Gasteiger partial charge in [0.05, 0.1) is 27.9 Å². The molecule has 128 valence electrons. The Morgan fingerprint density at radius 2 is 1.96 bits per heavy atom. The van der Waals surface area contributed by atoms with Crippen LogP contribution in [0.3, 0.4) is 0 Å². The van der Waals surface area contributed by atoms with E-state index in [0.717, 1.165) is 35.5 Å². The SMILES string of the molecule is COc1cc(OC)c(OC)c2c1CC(NC(=O)NCCO)CC2. The minimum absolute atomic E-state index is 0.00759. The van der Waals surface area contributed by atoms with Crippen LogP contribution in [-0.2, 0) is 12.8 Å². The van der Waals surface area contributed by atoms with Crippen molar-refractivity contribution in [1.82, 2.24) is 10.6 Å². The summed E-state index contributed by atoms with van der Waals surface area (Å²) >= 11 is 0. The van der Waals surface area contributed by atoms with Crippen LogP contribution in [0, 0.1) is 0 Å².